The molecule has 0 bridgehead atoms. The zero-order valence-electron chi connectivity index (χ0n) is 12.8. The quantitative estimate of drug-likeness (QED) is 0.856. The van der Waals surface area contributed by atoms with Crippen molar-refractivity contribution < 1.29 is 4.39 Å². The maximum absolute atomic E-state index is 14.2. The van der Waals surface area contributed by atoms with Crippen molar-refractivity contribution in [1.29, 1.82) is 0 Å². The number of nitrogen functional groups attached to an aromatic ring is 1. The van der Waals surface area contributed by atoms with Crippen LogP contribution in [0.25, 0.3) is 11.3 Å². The molecule has 2 N–H and O–H groups in total. The van der Waals surface area contributed by atoms with Gasteiger partial charge in [-0.25, -0.2) is 9.37 Å². The number of hydrogen-bond donors (Lipinski definition) is 1. The lowest BCUT2D eigenvalue weighted by Gasteiger charge is -2.14. The summed E-state index contributed by atoms with van der Waals surface area (Å²) in [7, 11) is 0. The summed E-state index contributed by atoms with van der Waals surface area (Å²) in [4.78, 5) is 4.61. The number of nitrogens with two attached hydrogens (primary N) is 1. The van der Waals surface area contributed by atoms with Crippen molar-refractivity contribution in [2.24, 2.45) is 5.92 Å². The first kappa shape index (κ1) is 16.0. The Balaban J connectivity index is 2.59. The Labute approximate surface area is 133 Å². The van der Waals surface area contributed by atoms with E-state index in [-0.39, 0.29) is 11.7 Å². The number of anilines is 1. The van der Waals surface area contributed by atoms with Gasteiger partial charge in [0.25, 0.3) is 0 Å². The van der Waals surface area contributed by atoms with E-state index >= 15 is 0 Å². The molecule has 0 aliphatic heterocycles. The molecular formula is C16H21BrFN3. The van der Waals surface area contributed by atoms with Crippen molar-refractivity contribution in [3.8, 4) is 11.3 Å². The van der Waals surface area contributed by atoms with Crippen LogP contribution in [0.1, 0.15) is 39.4 Å². The summed E-state index contributed by atoms with van der Waals surface area (Å²) in [5, 5.41) is 0. The highest BCUT2D eigenvalue weighted by molar-refractivity contribution is 9.10. The molecule has 5 heteroatoms. The van der Waals surface area contributed by atoms with Crippen molar-refractivity contribution in [2.75, 3.05) is 5.73 Å². The zero-order valence-corrected chi connectivity index (χ0v) is 14.4. The second-order valence-corrected chi connectivity index (χ2v) is 6.90. The molecule has 0 spiro atoms. The molecule has 1 aromatic heterocycles. The van der Waals surface area contributed by atoms with E-state index in [0.717, 1.165) is 12.4 Å². The average Bonchev–Trinajstić information content (AvgIpc) is 2.67. The van der Waals surface area contributed by atoms with Crippen molar-refractivity contribution in [3.05, 3.63) is 34.3 Å². The molecule has 0 amide bonds. The molecule has 0 radical (unpaired) electrons. The van der Waals surface area contributed by atoms with Gasteiger partial charge in [0, 0.05) is 22.5 Å². The second kappa shape index (κ2) is 6.18. The van der Waals surface area contributed by atoms with Crippen molar-refractivity contribution >= 4 is 21.7 Å². The summed E-state index contributed by atoms with van der Waals surface area (Å²) in [6.07, 6.45) is 0. The van der Waals surface area contributed by atoms with Gasteiger partial charge in [-0.05, 0) is 24.1 Å². The molecule has 0 fully saturated rings. The van der Waals surface area contributed by atoms with Gasteiger partial charge in [0.15, 0.2) is 0 Å². The Kier molecular flexibility index (Phi) is 4.71. The van der Waals surface area contributed by atoms with E-state index in [2.05, 4.69) is 48.6 Å². The number of aromatic nitrogens is 2. The molecule has 2 rings (SSSR count). The molecule has 1 heterocycles. The molecule has 0 aliphatic rings. The van der Waals surface area contributed by atoms with Gasteiger partial charge in [-0.15, -0.1) is 0 Å². The van der Waals surface area contributed by atoms with Crippen LogP contribution in [0.15, 0.2) is 22.7 Å². The summed E-state index contributed by atoms with van der Waals surface area (Å²) < 4.78 is 16.9. The predicted octanol–water partition coefficient (Wildman–Crippen LogP) is 4.81. The van der Waals surface area contributed by atoms with Crippen LogP contribution in [0.3, 0.4) is 0 Å². The van der Waals surface area contributed by atoms with Crippen LogP contribution in [-0.4, -0.2) is 9.55 Å². The van der Waals surface area contributed by atoms with E-state index < -0.39 is 0 Å². The van der Waals surface area contributed by atoms with Gasteiger partial charge >= 0.3 is 0 Å². The largest absolute Gasteiger partial charge is 0.383 e. The Morgan fingerprint density at radius 2 is 1.95 bits per heavy atom. The first-order valence-corrected chi connectivity index (χ1v) is 7.91. The van der Waals surface area contributed by atoms with E-state index in [1.54, 1.807) is 12.1 Å². The Hall–Kier alpha value is -1.36. The minimum absolute atomic E-state index is 0.235. The highest BCUT2D eigenvalue weighted by Gasteiger charge is 2.20. The second-order valence-electron chi connectivity index (χ2n) is 5.99. The average molecular weight is 354 g/mol. The summed E-state index contributed by atoms with van der Waals surface area (Å²) in [6.45, 7) is 9.18. The molecule has 2 aromatic rings. The van der Waals surface area contributed by atoms with Gasteiger partial charge in [-0.3, -0.25) is 0 Å². The van der Waals surface area contributed by atoms with Crippen LogP contribution in [0.2, 0.25) is 0 Å². The molecule has 1 aromatic carbocycles. The van der Waals surface area contributed by atoms with Crippen molar-refractivity contribution in [2.45, 2.75) is 40.2 Å². The summed E-state index contributed by atoms with van der Waals surface area (Å²) in [6, 6.07) is 4.95. The standard InChI is InChI=1S/C16H21BrFN3/c1-9(2)8-21-15(19)14(20-16(21)10(3)4)12-6-5-11(17)7-13(12)18/h5-7,9-10H,8,19H2,1-4H3. The number of imidazole rings is 1. The SMILES string of the molecule is CC(C)Cn1c(C(C)C)nc(-c2ccc(Br)cc2F)c1N. The first-order valence-electron chi connectivity index (χ1n) is 7.12. The minimum Gasteiger partial charge on any atom is -0.383 e. The number of nitrogens with zero attached hydrogens (tertiary/aromatic N) is 2. The first-order chi connectivity index (χ1) is 9.81. The minimum atomic E-state index is -0.319. The maximum atomic E-state index is 14.2. The van der Waals surface area contributed by atoms with E-state index in [9.17, 15) is 4.39 Å². The molecule has 0 atom stereocenters. The topological polar surface area (TPSA) is 43.8 Å². The lowest BCUT2D eigenvalue weighted by Crippen LogP contribution is -2.12. The molecule has 21 heavy (non-hydrogen) atoms. The fourth-order valence-corrected chi connectivity index (χ4v) is 2.69. The molecule has 0 unspecified atom stereocenters. The van der Waals surface area contributed by atoms with E-state index in [0.29, 0.717) is 27.5 Å². The predicted molar refractivity (Wildman–Crippen MR) is 88.7 cm³/mol. The zero-order chi connectivity index (χ0) is 15.7. The van der Waals surface area contributed by atoms with E-state index in [1.807, 2.05) is 4.57 Å². The van der Waals surface area contributed by atoms with Crippen LogP contribution in [0, 0.1) is 11.7 Å². The summed E-state index contributed by atoms with van der Waals surface area (Å²) >= 11 is 3.27. The number of rotatable bonds is 4. The van der Waals surface area contributed by atoms with Gasteiger partial charge in [0.2, 0.25) is 0 Å². The molecular weight excluding hydrogens is 333 g/mol. The third kappa shape index (κ3) is 3.28. The Bertz CT molecular complexity index is 647. The van der Waals surface area contributed by atoms with Gasteiger partial charge < -0.3 is 10.3 Å². The highest BCUT2D eigenvalue weighted by Crippen LogP contribution is 2.32. The maximum Gasteiger partial charge on any atom is 0.133 e. The smallest absolute Gasteiger partial charge is 0.133 e. The van der Waals surface area contributed by atoms with Crippen LogP contribution >= 0.6 is 15.9 Å². The lowest BCUT2D eigenvalue weighted by atomic mass is 10.1. The third-order valence-corrected chi connectivity index (χ3v) is 3.78. The van der Waals surface area contributed by atoms with Gasteiger partial charge in [-0.2, -0.15) is 0 Å². The fraction of sp³-hybridized carbons (Fsp3) is 0.438. The van der Waals surface area contributed by atoms with Crippen LogP contribution in [0.4, 0.5) is 10.2 Å². The van der Waals surface area contributed by atoms with E-state index in [4.69, 9.17) is 5.73 Å². The molecule has 0 saturated heterocycles. The fourth-order valence-electron chi connectivity index (χ4n) is 2.36. The molecule has 114 valence electrons. The number of benzene rings is 1. The molecule has 0 saturated carbocycles. The summed E-state index contributed by atoms with van der Waals surface area (Å²) in [5.74, 6) is 1.80. The molecule has 3 nitrogen and oxygen atoms in total. The van der Waals surface area contributed by atoms with Crippen molar-refractivity contribution in [3.63, 3.8) is 0 Å². The van der Waals surface area contributed by atoms with Gasteiger partial charge in [0.05, 0.1) is 0 Å². The molecule has 0 aliphatic carbocycles. The third-order valence-electron chi connectivity index (χ3n) is 3.29. The van der Waals surface area contributed by atoms with Gasteiger partial charge in [-0.1, -0.05) is 43.6 Å². The lowest BCUT2D eigenvalue weighted by molar-refractivity contribution is 0.502. The number of halogens is 2. The highest BCUT2D eigenvalue weighted by atomic mass is 79.9. The van der Waals surface area contributed by atoms with Gasteiger partial charge in [0.1, 0.15) is 23.2 Å². The van der Waals surface area contributed by atoms with Crippen LogP contribution < -0.4 is 5.73 Å². The van der Waals surface area contributed by atoms with E-state index in [1.165, 1.54) is 6.07 Å². The Morgan fingerprint density at radius 3 is 2.48 bits per heavy atom. The van der Waals surface area contributed by atoms with Crippen molar-refractivity contribution in [1.82, 2.24) is 9.55 Å². The van der Waals surface area contributed by atoms with Crippen LogP contribution in [0.5, 0.6) is 0 Å². The monoisotopic (exact) mass is 353 g/mol. The Morgan fingerprint density at radius 1 is 1.29 bits per heavy atom. The number of hydrogen-bond acceptors (Lipinski definition) is 2. The summed E-state index contributed by atoms with van der Waals surface area (Å²) in [5.41, 5.74) is 7.23. The van der Waals surface area contributed by atoms with Crippen LogP contribution in [-0.2, 0) is 6.54 Å². The normalized spacial score (nSPS) is 11.6.